The highest BCUT2D eigenvalue weighted by molar-refractivity contribution is 6.31. The third-order valence-corrected chi connectivity index (χ3v) is 3.44. The highest BCUT2D eigenvalue weighted by Gasteiger charge is 2.15. The van der Waals surface area contributed by atoms with Gasteiger partial charge in [-0.1, -0.05) is 11.6 Å². The second-order valence-corrected chi connectivity index (χ2v) is 5.30. The van der Waals surface area contributed by atoms with Gasteiger partial charge in [-0.2, -0.15) is 0 Å². The third kappa shape index (κ3) is 4.02. The number of anilines is 1. The minimum atomic E-state index is -1.01. The maximum Gasteiger partial charge on any atom is 0.335 e. The average Bonchev–Trinajstić information content (AvgIpc) is 2.49. The number of halogens is 1. The van der Waals surface area contributed by atoms with Crippen molar-refractivity contribution in [3.05, 3.63) is 58.1 Å². The van der Waals surface area contributed by atoms with Crippen LogP contribution >= 0.6 is 11.6 Å². The molecule has 6 heteroatoms. The van der Waals surface area contributed by atoms with Gasteiger partial charge in [0.25, 0.3) is 5.91 Å². The number of aryl methyl sites for hydroxylation is 1. The molecule has 0 aliphatic carbocycles. The van der Waals surface area contributed by atoms with E-state index in [0.717, 1.165) is 0 Å². The van der Waals surface area contributed by atoms with Crippen LogP contribution in [0.25, 0.3) is 0 Å². The molecule has 0 atom stereocenters. The van der Waals surface area contributed by atoms with Crippen molar-refractivity contribution in [2.24, 2.45) is 0 Å². The summed E-state index contributed by atoms with van der Waals surface area (Å²) in [7, 11) is 0. The topological polar surface area (TPSA) is 75.6 Å². The first-order chi connectivity index (χ1) is 10.9. The Morgan fingerprint density at radius 3 is 2.52 bits per heavy atom. The Balaban J connectivity index is 2.27. The lowest BCUT2D eigenvalue weighted by Gasteiger charge is -2.12. The van der Waals surface area contributed by atoms with Gasteiger partial charge in [0.2, 0.25) is 0 Å². The molecule has 0 aliphatic heterocycles. The number of nitrogens with one attached hydrogen (secondary N) is 1. The van der Waals surface area contributed by atoms with Gasteiger partial charge in [0.15, 0.2) is 0 Å². The molecular formula is C17H16ClNO4. The van der Waals surface area contributed by atoms with Crippen molar-refractivity contribution >= 4 is 29.2 Å². The first-order valence-electron chi connectivity index (χ1n) is 7.00. The first-order valence-corrected chi connectivity index (χ1v) is 7.37. The smallest absolute Gasteiger partial charge is 0.335 e. The number of hydrogen-bond acceptors (Lipinski definition) is 3. The fourth-order valence-electron chi connectivity index (χ4n) is 2.14. The van der Waals surface area contributed by atoms with Gasteiger partial charge in [-0.05, 0) is 55.8 Å². The molecule has 0 saturated carbocycles. The molecule has 23 heavy (non-hydrogen) atoms. The Hall–Kier alpha value is -2.53. The molecule has 2 aromatic carbocycles. The molecule has 0 heterocycles. The summed E-state index contributed by atoms with van der Waals surface area (Å²) in [6, 6.07) is 9.41. The summed E-state index contributed by atoms with van der Waals surface area (Å²) >= 11 is 5.94. The van der Waals surface area contributed by atoms with Crippen molar-refractivity contribution in [3.8, 4) is 5.75 Å². The number of amides is 1. The van der Waals surface area contributed by atoms with E-state index in [1.807, 2.05) is 6.92 Å². The number of carbonyl (C=O) groups excluding carboxylic acids is 1. The number of ether oxygens (including phenoxy) is 1. The molecule has 0 unspecified atom stereocenters. The van der Waals surface area contributed by atoms with Crippen LogP contribution in [0.15, 0.2) is 36.4 Å². The van der Waals surface area contributed by atoms with Gasteiger partial charge in [0.05, 0.1) is 17.7 Å². The lowest BCUT2D eigenvalue weighted by molar-refractivity contribution is 0.0696. The molecule has 0 aromatic heterocycles. The van der Waals surface area contributed by atoms with Crippen LogP contribution in [0, 0.1) is 6.92 Å². The molecule has 0 saturated heterocycles. The maximum absolute atomic E-state index is 12.4. The highest BCUT2D eigenvalue weighted by Crippen LogP contribution is 2.24. The van der Waals surface area contributed by atoms with Crippen LogP contribution in [-0.2, 0) is 0 Å². The minimum absolute atomic E-state index is 0.195. The molecule has 0 spiro atoms. The van der Waals surface area contributed by atoms with Gasteiger partial charge in [-0.15, -0.1) is 0 Å². The zero-order valence-corrected chi connectivity index (χ0v) is 13.5. The summed E-state index contributed by atoms with van der Waals surface area (Å²) in [4.78, 5) is 23.4. The van der Waals surface area contributed by atoms with Crippen LogP contribution in [0.2, 0.25) is 5.02 Å². The number of rotatable bonds is 5. The number of carboxylic acid groups (broad SMARTS) is 1. The quantitative estimate of drug-likeness (QED) is 0.867. The largest absolute Gasteiger partial charge is 0.493 e. The SMILES string of the molecule is CCOc1ccc(Cl)cc1C(=O)Nc1ccc(C(=O)O)c(C)c1. The zero-order valence-electron chi connectivity index (χ0n) is 12.7. The molecule has 0 radical (unpaired) electrons. The van der Waals surface area contributed by atoms with Crippen molar-refractivity contribution in [3.63, 3.8) is 0 Å². The van der Waals surface area contributed by atoms with E-state index in [0.29, 0.717) is 34.2 Å². The summed E-state index contributed by atoms with van der Waals surface area (Å²) in [5.41, 5.74) is 1.58. The van der Waals surface area contributed by atoms with Crippen LogP contribution in [0.4, 0.5) is 5.69 Å². The lowest BCUT2D eigenvalue weighted by Crippen LogP contribution is -2.14. The molecular weight excluding hydrogens is 318 g/mol. The normalized spacial score (nSPS) is 10.2. The Bertz CT molecular complexity index is 758. The summed E-state index contributed by atoms with van der Waals surface area (Å²) in [6.07, 6.45) is 0. The Labute approximate surface area is 138 Å². The van der Waals surface area contributed by atoms with E-state index in [9.17, 15) is 9.59 Å². The van der Waals surface area contributed by atoms with E-state index < -0.39 is 5.97 Å². The molecule has 2 rings (SSSR count). The van der Waals surface area contributed by atoms with Crippen molar-refractivity contribution in [1.29, 1.82) is 0 Å². The Morgan fingerprint density at radius 1 is 1.17 bits per heavy atom. The van der Waals surface area contributed by atoms with E-state index in [2.05, 4.69) is 5.32 Å². The van der Waals surface area contributed by atoms with Crippen molar-refractivity contribution in [2.45, 2.75) is 13.8 Å². The number of hydrogen-bond donors (Lipinski definition) is 2. The van der Waals surface area contributed by atoms with Gasteiger partial charge in [0, 0.05) is 10.7 Å². The molecule has 2 N–H and O–H groups in total. The minimum Gasteiger partial charge on any atom is -0.493 e. The standard InChI is InChI=1S/C17H16ClNO4/c1-3-23-15-7-4-11(18)9-14(15)16(20)19-12-5-6-13(17(21)22)10(2)8-12/h4-9H,3H2,1-2H3,(H,19,20)(H,21,22). The number of benzene rings is 2. The van der Waals surface area contributed by atoms with Crippen LogP contribution < -0.4 is 10.1 Å². The summed E-state index contributed by atoms with van der Waals surface area (Å²) in [6.45, 7) is 3.92. The van der Waals surface area contributed by atoms with E-state index >= 15 is 0 Å². The fraction of sp³-hybridized carbons (Fsp3) is 0.176. The molecule has 5 nitrogen and oxygen atoms in total. The Morgan fingerprint density at radius 2 is 1.91 bits per heavy atom. The van der Waals surface area contributed by atoms with Crippen LogP contribution in [0.1, 0.15) is 33.2 Å². The number of aromatic carboxylic acids is 1. The predicted molar refractivity (Wildman–Crippen MR) is 88.7 cm³/mol. The lowest BCUT2D eigenvalue weighted by atomic mass is 10.1. The number of carboxylic acids is 1. The van der Waals surface area contributed by atoms with Gasteiger partial charge in [-0.3, -0.25) is 4.79 Å². The van der Waals surface area contributed by atoms with Crippen LogP contribution in [0.3, 0.4) is 0 Å². The highest BCUT2D eigenvalue weighted by atomic mass is 35.5. The Kier molecular flexibility index (Phi) is 5.24. The van der Waals surface area contributed by atoms with Gasteiger partial charge >= 0.3 is 5.97 Å². The van der Waals surface area contributed by atoms with Crippen molar-refractivity contribution < 1.29 is 19.4 Å². The van der Waals surface area contributed by atoms with Crippen LogP contribution in [-0.4, -0.2) is 23.6 Å². The molecule has 0 bridgehead atoms. The summed E-state index contributed by atoms with van der Waals surface area (Å²) in [5.74, 6) is -0.944. The molecule has 120 valence electrons. The first kappa shape index (κ1) is 16.8. The molecule has 0 fully saturated rings. The fourth-order valence-corrected chi connectivity index (χ4v) is 2.31. The van der Waals surface area contributed by atoms with E-state index in [1.165, 1.54) is 12.1 Å². The van der Waals surface area contributed by atoms with Gasteiger partial charge in [0.1, 0.15) is 5.75 Å². The second-order valence-electron chi connectivity index (χ2n) is 4.86. The van der Waals surface area contributed by atoms with E-state index in [1.54, 1.807) is 31.2 Å². The monoisotopic (exact) mass is 333 g/mol. The van der Waals surface area contributed by atoms with E-state index in [4.69, 9.17) is 21.4 Å². The van der Waals surface area contributed by atoms with E-state index in [-0.39, 0.29) is 11.5 Å². The maximum atomic E-state index is 12.4. The summed E-state index contributed by atoms with van der Waals surface area (Å²) in [5, 5.41) is 12.2. The molecule has 2 aromatic rings. The average molecular weight is 334 g/mol. The zero-order chi connectivity index (χ0) is 17.0. The summed E-state index contributed by atoms with van der Waals surface area (Å²) < 4.78 is 5.43. The van der Waals surface area contributed by atoms with Crippen LogP contribution in [0.5, 0.6) is 5.75 Å². The van der Waals surface area contributed by atoms with Crippen molar-refractivity contribution in [1.82, 2.24) is 0 Å². The third-order valence-electron chi connectivity index (χ3n) is 3.20. The predicted octanol–water partition coefficient (Wildman–Crippen LogP) is 4.00. The number of carbonyl (C=O) groups is 2. The van der Waals surface area contributed by atoms with Gasteiger partial charge < -0.3 is 15.2 Å². The molecule has 1 amide bonds. The molecule has 0 aliphatic rings. The second kappa shape index (κ2) is 7.15. The van der Waals surface area contributed by atoms with Gasteiger partial charge in [-0.25, -0.2) is 4.79 Å². The van der Waals surface area contributed by atoms with Crippen molar-refractivity contribution in [2.75, 3.05) is 11.9 Å².